The Labute approximate surface area is 93.9 Å². The molecule has 0 bridgehead atoms. The summed E-state index contributed by atoms with van der Waals surface area (Å²) in [5, 5.41) is 9.41. The number of benzene rings is 1. The zero-order valence-electron chi connectivity index (χ0n) is 9.10. The van der Waals surface area contributed by atoms with E-state index in [0.29, 0.717) is 24.9 Å². The van der Waals surface area contributed by atoms with E-state index < -0.39 is 0 Å². The highest BCUT2D eigenvalue weighted by atomic mass is 16.5. The summed E-state index contributed by atoms with van der Waals surface area (Å²) < 4.78 is 4.78. The molecule has 16 heavy (non-hydrogen) atoms. The van der Waals surface area contributed by atoms with E-state index in [1.54, 1.807) is 19.1 Å². The predicted molar refractivity (Wildman–Crippen MR) is 58.4 cm³/mol. The topological polar surface area (TPSA) is 63.6 Å². The number of phenols is 1. The monoisotopic (exact) mass is 222 g/mol. The third-order valence-electron chi connectivity index (χ3n) is 2.20. The van der Waals surface area contributed by atoms with E-state index in [1.807, 2.05) is 0 Å². The molecular weight excluding hydrogens is 208 g/mol. The van der Waals surface area contributed by atoms with Crippen LogP contribution >= 0.6 is 0 Å². The minimum absolute atomic E-state index is 0.0589. The molecule has 0 saturated heterocycles. The summed E-state index contributed by atoms with van der Waals surface area (Å²) in [5.74, 6) is -0.362. The molecule has 1 N–H and O–H groups in total. The molecule has 0 amide bonds. The molecule has 4 heteroatoms. The van der Waals surface area contributed by atoms with Crippen molar-refractivity contribution in [3.05, 3.63) is 29.3 Å². The van der Waals surface area contributed by atoms with E-state index in [-0.39, 0.29) is 23.7 Å². The summed E-state index contributed by atoms with van der Waals surface area (Å²) in [7, 11) is 0. The standard InChI is InChI=1S/C12H14O4/c1-2-16-12(15)7-6-9-4-3-5-11(14)10(9)8-13/h3-5,8,14H,2,6-7H2,1H3. The predicted octanol–water partition coefficient (Wildman–Crippen LogP) is 1.70. The summed E-state index contributed by atoms with van der Waals surface area (Å²) in [6.07, 6.45) is 1.19. The van der Waals surface area contributed by atoms with Crippen LogP contribution in [0.5, 0.6) is 5.75 Å². The zero-order valence-corrected chi connectivity index (χ0v) is 9.10. The normalized spacial score (nSPS) is 9.81. The van der Waals surface area contributed by atoms with Gasteiger partial charge in [0.2, 0.25) is 0 Å². The van der Waals surface area contributed by atoms with Gasteiger partial charge in [0, 0.05) is 6.42 Å². The molecule has 0 saturated carbocycles. The Hall–Kier alpha value is -1.84. The van der Waals surface area contributed by atoms with Crippen LogP contribution in [0.1, 0.15) is 29.3 Å². The first-order valence-electron chi connectivity index (χ1n) is 5.10. The van der Waals surface area contributed by atoms with Crippen molar-refractivity contribution in [1.82, 2.24) is 0 Å². The summed E-state index contributed by atoms with van der Waals surface area (Å²) in [6.45, 7) is 2.09. The van der Waals surface area contributed by atoms with Crippen molar-refractivity contribution in [2.24, 2.45) is 0 Å². The molecule has 0 heterocycles. The van der Waals surface area contributed by atoms with E-state index in [4.69, 9.17) is 4.74 Å². The quantitative estimate of drug-likeness (QED) is 0.608. The second kappa shape index (κ2) is 5.90. The second-order valence-electron chi connectivity index (χ2n) is 3.27. The maximum absolute atomic E-state index is 11.1. The van der Waals surface area contributed by atoms with Crippen molar-refractivity contribution in [1.29, 1.82) is 0 Å². The van der Waals surface area contributed by atoms with E-state index in [9.17, 15) is 14.7 Å². The second-order valence-corrected chi connectivity index (χ2v) is 3.27. The highest BCUT2D eigenvalue weighted by molar-refractivity contribution is 5.81. The molecule has 86 valence electrons. The van der Waals surface area contributed by atoms with Crippen LogP contribution in [0.2, 0.25) is 0 Å². The molecule has 4 nitrogen and oxygen atoms in total. The molecule has 0 spiro atoms. The van der Waals surface area contributed by atoms with Crippen molar-refractivity contribution in [2.45, 2.75) is 19.8 Å². The fourth-order valence-electron chi connectivity index (χ4n) is 1.42. The van der Waals surface area contributed by atoms with Crippen LogP contribution in [0.3, 0.4) is 0 Å². The molecule has 0 aliphatic carbocycles. The summed E-state index contributed by atoms with van der Waals surface area (Å²) in [6, 6.07) is 4.79. The lowest BCUT2D eigenvalue weighted by Crippen LogP contribution is -2.06. The van der Waals surface area contributed by atoms with Gasteiger partial charge in [0.25, 0.3) is 0 Å². The zero-order chi connectivity index (χ0) is 12.0. The average Bonchev–Trinajstić information content (AvgIpc) is 2.27. The SMILES string of the molecule is CCOC(=O)CCc1cccc(O)c1C=O. The number of aldehydes is 1. The summed E-state index contributed by atoms with van der Waals surface area (Å²) >= 11 is 0. The van der Waals surface area contributed by atoms with Crippen molar-refractivity contribution in [3.8, 4) is 5.75 Å². The Balaban J connectivity index is 2.70. The minimum atomic E-state index is -0.303. The lowest BCUT2D eigenvalue weighted by Gasteiger charge is -2.06. The number of carbonyl (C=O) groups excluding carboxylic acids is 2. The molecular formula is C12H14O4. The number of carbonyl (C=O) groups is 2. The van der Waals surface area contributed by atoms with Gasteiger partial charge < -0.3 is 9.84 Å². The Morgan fingerprint density at radius 2 is 2.25 bits per heavy atom. The fourth-order valence-corrected chi connectivity index (χ4v) is 1.42. The van der Waals surface area contributed by atoms with E-state index >= 15 is 0 Å². The number of ether oxygens (including phenoxy) is 1. The molecule has 0 atom stereocenters. The summed E-state index contributed by atoms with van der Waals surface area (Å²) in [5.41, 5.74) is 0.898. The first-order valence-corrected chi connectivity index (χ1v) is 5.10. The Bertz CT molecular complexity index is 385. The van der Waals surface area contributed by atoms with Crippen LogP contribution in [0.15, 0.2) is 18.2 Å². The van der Waals surface area contributed by atoms with Gasteiger partial charge in [-0.1, -0.05) is 12.1 Å². The van der Waals surface area contributed by atoms with Crippen molar-refractivity contribution < 1.29 is 19.4 Å². The average molecular weight is 222 g/mol. The molecule has 1 aromatic rings. The highest BCUT2D eigenvalue weighted by Gasteiger charge is 2.09. The first-order chi connectivity index (χ1) is 7.69. The highest BCUT2D eigenvalue weighted by Crippen LogP contribution is 2.20. The van der Waals surface area contributed by atoms with Crippen LogP contribution in [0, 0.1) is 0 Å². The van der Waals surface area contributed by atoms with Gasteiger partial charge in [0.15, 0.2) is 6.29 Å². The van der Waals surface area contributed by atoms with Crippen molar-refractivity contribution in [3.63, 3.8) is 0 Å². The van der Waals surface area contributed by atoms with Crippen molar-refractivity contribution in [2.75, 3.05) is 6.61 Å². The van der Waals surface area contributed by atoms with Gasteiger partial charge in [-0.3, -0.25) is 9.59 Å². The number of hydrogen-bond donors (Lipinski definition) is 1. The smallest absolute Gasteiger partial charge is 0.306 e. The van der Waals surface area contributed by atoms with Gasteiger partial charge in [-0.25, -0.2) is 0 Å². The Kier molecular flexibility index (Phi) is 4.51. The molecule has 0 aromatic heterocycles. The van der Waals surface area contributed by atoms with Gasteiger partial charge >= 0.3 is 5.97 Å². The molecule has 1 aromatic carbocycles. The van der Waals surface area contributed by atoms with E-state index in [1.165, 1.54) is 6.07 Å². The molecule has 0 unspecified atom stereocenters. The lowest BCUT2D eigenvalue weighted by atomic mass is 10.0. The van der Waals surface area contributed by atoms with Gasteiger partial charge in [-0.2, -0.15) is 0 Å². The molecule has 0 aliphatic heterocycles. The van der Waals surface area contributed by atoms with Gasteiger partial charge in [-0.15, -0.1) is 0 Å². The molecule has 0 fully saturated rings. The van der Waals surface area contributed by atoms with E-state index in [2.05, 4.69) is 0 Å². The van der Waals surface area contributed by atoms with Crippen LogP contribution in [-0.2, 0) is 16.0 Å². The Morgan fingerprint density at radius 3 is 2.88 bits per heavy atom. The molecule has 1 rings (SSSR count). The number of hydrogen-bond acceptors (Lipinski definition) is 4. The number of rotatable bonds is 5. The fraction of sp³-hybridized carbons (Fsp3) is 0.333. The molecule has 0 aliphatic rings. The Morgan fingerprint density at radius 1 is 1.50 bits per heavy atom. The summed E-state index contributed by atoms with van der Waals surface area (Å²) in [4.78, 5) is 21.9. The largest absolute Gasteiger partial charge is 0.507 e. The first kappa shape index (κ1) is 12.2. The van der Waals surface area contributed by atoms with Crippen LogP contribution < -0.4 is 0 Å². The van der Waals surface area contributed by atoms with Gasteiger partial charge in [-0.05, 0) is 25.0 Å². The third kappa shape index (κ3) is 3.08. The third-order valence-corrected chi connectivity index (χ3v) is 2.20. The van der Waals surface area contributed by atoms with Crippen LogP contribution in [-0.4, -0.2) is 24.0 Å². The van der Waals surface area contributed by atoms with Gasteiger partial charge in [0.1, 0.15) is 5.75 Å². The van der Waals surface area contributed by atoms with E-state index in [0.717, 1.165) is 0 Å². The number of esters is 1. The number of phenolic OH excluding ortho intramolecular Hbond substituents is 1. The maximum Gasteiger partial charge on any atom is 0.306 e. The van der Waals surface area contributed by atoms with Crippen LogP contribution in [0.25, 0.3) is 0 Å². The van der Waals surface area contributed by atoms with Crippen molar-refractivity contribution >= 4 is 12.3 Å². The number of aryl methyl sites for hydroxylation is 1. The van der Waals surface area contributed by atoms with Crippen LogP contribution in [0.4, 0.5) is 0 Å². The minimum Gasteiger partial charge on any atom is -0.507 e. The number of aromatic hydroxyl groups is 1. The molecule has 0 radical (unpaired) electrons. The van der Waals surface area contributed by atoms with Gasteiger partial charge in [0.05, 0.1) is 12.2 Å². The lowest BCUT2D eigenvalue weighted by molar-refractivity contribution is -0.143. The maximum atomic E-state index is 11.1.